The number of aryl methyl sites for hydroxylation is 1. The van der Waals surface area contributed by atoms with E-state index in [1.807, 2.05) is 53.3 Å². The zero-order valence-corrected chi connectivity index (χ0v) is 19.1. The minimum absolute atomic E-state index is 0.116. The van der Waals surface area contributed by atoms with Crippen molar-refractivity contribution in [2.24, 2.45) is 0 Å². The van der Waals surface area contributed by atoms with E-state index in [1.54, 1.807) is 11.3 Å². The lowest BCUT2D eigenvalue weighted by Crippen LogP contribution is -2.18. The number of alkyl halides is 3. The Morgan fingerprint density at radius 1 is 1.06 bits per heavy atom. The molecular weight excluding hydrogens is 469 g/mol. The molecule has 1 amide bonds. The molecule has 2 aromatic carbocycles. The Balaban J connectivity index is 1.54. The van der Waals surface area contributed by atoms with Crippen LogP contribution in [-0.2, 0) is 17.4 Å². The maximum Gasteiger partial charge on any atom is 0.418 e. The van der Waals surface area contributed by atoms with Crippen LogP contribution in [0.1, 0.15) is 21.8 Å². The number of nitrogens with zero attached hydrogens (tertiary/aromatic N) is 3. The topological polar surface area (TPSA) is 59.8 Å². The number of thiophene rings is 1. The summed E-state index contributed by atoms with van der Waals surface area (Å²) in [4.78, 5) is 13.6. The third-order valence-corrected chi connectivity index (χ3v) is 6.55. The molecule has 0 radical (unpaired) electrons. The van der Waals surface area contributed by atoms with Gasteiger partial charge in [-0.15, -0.1) is 21.5 Å². The summed E-state index contributed by atoms with van der Waals surface area (Å²) in [6.07, 6.45) is -3.98. The number of halogens is 3. The van der Waals surface area contributed by atoms with Crippen LogP contribution in [0.5, 0.6) is 0 Å². The number of rotatable bonds is 7. The largest absolute Gasteiger partial charge is 0.418 e. The molecule has 0 aliphatic heterocycles. The molecule has 2 heterocycles. The minimum Gasteiger partial charge on any atom is -0.325 e. The van der Waals surface area contributed by atoms with E-state index >= 15 is 0 Å². The molecule has 0 atom stereocenters. The number of hydrogen-bond donors (Lipinski definition) is 1. The molecule has 0 saturated heterocycles. The molecule has 0 aliphatic rings. The number of thioether (sulfide) groups is 1. The highest BCUT2D eigenvalue weighted by molar-refractivity contribution is 7.99. The summed E-state index contributed by atoms with van der Waals surface area (Å²) >= 11 is 2.73. The second-order valence-corrected chi connectivity index (χ2v) is 9.18. The molecule has 0 aliphatic carbocycles. The molecule has 0 bridgehead atoms. The molecular formula is C23H19F3N4OS2. The first kappa shape index (κ1) is 23.1. The van der Waals surface area contributed by atoms with Gasteiger partial charge in [0.2, 0.25) is 5.91 Å². The standard InChI is InChI=1S/C23H19F3N4OS2/c1-15-8-10-16(11-9-15)30-20(13-17-5-4-12-32-17)28-29-22(30)33-14-21(31)27-19-7-3-2-6-18(19)23(24,25)26/h2-12H,13-14H2,1H3,(H,27,31). The van der Waals surface area contributed by atoms with Gasteiger partial charge < -0.3 is 5.32 Å². The van der Waals surface area contributed by atoms with E-state index in [4.69, 9.17) is 0 Å². The van der Waals surface area contributed by atoms with Crippen molar-refractivity contribution >= 4 is 34.7 Å². The number of benzene rings is 2. The van der Waals surface area contributed by atoms with Crippen LogP contribution < -0.4 is 5.32 Å². The molecule has 0 saturated carbocycles. The summed E-state index contributed by atoms with van der Waals surface area (Å²) < 4.78 is 41.5. The van der Waals surface area contributed by atoms with Gasteiger partial charge in [-0.1, -0.05) is 47.7 Å². The van der Waals surface area contributed by atoms with E-state index in [0.29, 0.717) is 17.4 Å². The number of carbonyl (C=O) groups excluding carboxylic acids is 1. The molecule has 170 valence electrons. The fourth-order valence-corrected chi connectivity index (χ4v) is 4.66. The predicted octanol–water partition coefficient (Wildman–Crippen LogP) is 5.98. The lowest BCUT2D eigenvalue weighted by molar-refractivity contribution is -0.137. The monoisotopic (exact) mass is 488 g/mol. The zero-order valence-electron chi connectivity index (χ0n) is 17.5. The average Bonchev–Trinajstić information content (AvgIpc) is 3.43. The first-order chi connectivity index (χ1) is 15.8. The molecule has 1 N–H and O–H groups in total. The number of para-hydroxylation sites is 1. The van der Waals surface area contributed by atoms with Gasteiger partial charge in [0.25, 0.3) is 0 Å². The van der Waals surface area contributed by atoms with Crippen LogP contribution >= 0.6 is 23.1 Å². The maximum absolute atomic E-state index is 13.2. The van der Waals surface area contributed by atoms with Gasteiger partial charge in [-0.25, -0.2) is 0 Å². The first-order valence-electron chi connectivity index (χ1n) is 9.94. The fraction of sp³-hybridized carbons (Fsp3) is 0.174. The Labute approximate surface area is 196 Å². The lowest BCUT2D eigenvalue weighted by atomic mass is 10.1. The summed E-state index contributed by atoms with van der Waals surface area (Å²) in [5.74, 6) is 0.0384. The Morgan fingerprint density at radius 2 is 1.82 bits per heavy atom. The summed E-state index contributed by atoms with van der Waals surface area (Å²) in [6, 6.07) is 16.7. The van der Waals surface area contributed by atoms with Gasteiger partial charge in [0.15, 0.2) is 5.16 Å². The molecule has 0 spiro atoms. The van der Waals surface area contributed by atoms with Crippen LogP contribution in [0.25, 0.3) is 5.69 Å². The van der Waals surface area contributed by atoms with Crippen molar-refractivity contribution in [2.45, 2.75) is 24.7 Å². The highest BCUT2D eigenvalue weighted by Crippen LogP contribution is 2.34. The van der Waals surface area contributed by atoms with Crippen LogP contribution in [-0.4, -0.2) is 26.4 Å². The molecule has 4 rings (SSSR count). The molecule has 0 unspecified atom stereocenters. The second-order valence-electron chi connectivity index (χ2n) is 7.21. The van der Waals surface area contributed by atoms with Crippen molar-refractivity contribution in [1.29, 1.82) is 0 Å². The van der Waals surface area contributed by atoms with Crippen LogP contribution in [0, 0.1) is 6.92 Å². The van der Waals surface area contributed by atoms with Crippen LogP contribution in [0.2, 0.25) is 0 Å². The van der Waals surface area contributed by atoms with Gasteiger partial charge in [-0.05, 0) is 42.6 Å². The van der Waals surface area contributed by atoms with Gasteiger partial charge in [-0.2, -0.15) is 13.2 Å². The number of amides is 1. The van der Waals surface area contributed by atoms with Crippen LogP contribution in [0.4, 0.5) is 18.9 Å². The van der Waals surface area contributed by atoms with Crippen molar-refractivity contribution in [3.05, 3.63) is 87.9 Å². The second kappa shape index (κ2) is 9.80. The Morgan fingerprint density at radius 3 is 2.52 bits per heavy atom. The number of hydrogen-bond acceptors (Lipinski definition) is 5. The summed E-state index contributed by atoms with van der Waals surface area (Å²) in [6.45, 7) is 1.99. The van der Waals surface area contributed by atoms with Crippen molar-refractivity contribution in [3.63, 3.8) is 0 Å². The van der Waals surface area contributed by atoms with Gasteiger partial charge in [0, 0.05) is 17.0 Å². The summed E-state index contributed by atoms with van der Waals surface area (Å²) in [7, 11) is 0. The van der Waals surface area contributed by atoms with E-state index in [9.17, 15) is 18.0 Å². The van der Waals surface area contributed by atoms with Gasteiger partial charge >= 0.3 is 6.18 Å². The quantitative estimate of drug-likeness (QED) is 0.325. The fourth-order valence-electron chi connectivity index (χ4n) is 3.19. The molecule has 4 aromatic rings. The number of anilines is 1. The summed E-state index contributed by atoms with van der Waals surface area (Å²) in [5, 5.41) is 13.4. The smallest absolute Gasteiger partial charge is 0.325 e. The molecule has 2 aromatic heterocycles. The number of nitrogens with one attached hydrogen (secondary N) is 1. The Bertz CT molecular complexity index is 1240. The van der Waals surface area contributed by atoms with Gasteiger partial charge in [-0.3, -0.25) is 9.36 Å². The van der Waals surface area contributed by atoms with E-state index in [1.165, 1.54) is 18.2 Å². The van der Waals surface area contributed by atoms with E-state index in [0.717, 1.165) is 34.0 Å². The highest BCUT2D eigenvalue weighted by atomic mass is 32.2. The maximum atomic E-state index is 13.2. The molecule has 0 fully saturated rings. The zero-order chi connectivity index (χ0) is 23.4. The SMILES string of the molecule is Cc1ccc(-n2c(Cc3cccs3)nnc2SCC(=O)Nc2ccccc2C(F)(F)F)cc1. The van der Waals surface area contributed by atoms with E-state index in [-0.39, 0.29) is 11.4 Å². The van der Waals surface area contributed by atoms with Crippen molar-refractivity contribution in [3.8, 4) is 5.69 Å². The molecule has 10 heteroatoms. The predicted molar refractivity (Wildman–Crippen MR) is 124 cm³/mol. The third-order valence-electron chi connectivity index (χ3n) is 4.74. The molecule has 5 nitrogen and oxygen atoms in total. The van der Waals surface area contributed by atoms with Crippen molar-refractivity contribution in [2.75, 3.05) is 11.1 Å². The van der Waals surface area contributed by atoms with E-state index < -0.39 is 17.6 Å². The molecule has 33 heavy (non-hydrogen) atoms. The third kappa shape index (κ3) is 5.63. The van der Waals surface area contributed by atoms with Crippen molar-refractivity contribution < 1.29 is 18.0 Å². The number of aromatic nitrogens is 3. The van der Waals surface area contributed by atoms with Crippen molar-refractivity contribution in [1.82, 2.24) is 14.8 Å². The lowest BCUT2D eigenvalue weighted by Gasteiger charge is -2.13. The van der Waals surface area contributed by atoms with E-state index in [2.05, 4.69) is 15.5 Å². The van der Waals surface area contributed by atoms with Gasteiger partial charge in [0.1, 0.15) is 5.82 Å². The number of carbonyl (C=O) groups is 1. The minimum atomic E-state index is -4.56. The van der Waals surface area contributed by atoms with Crippen LogP contribution in [0.3, 0.4) is 0 Å². The first-order valence-corrected chi connectivity index (χ1v) is 11.8. The van der Waals surface area contributed by atoms with Crippen LogP contribution in [0.15, 0.2) is 71.2 Å². The summed E-state index contributed by atoms with van der Waals surface area (Å²) in [5.41, 5.74) is 0.796. The van der Waals surface area contributed by atoms with Gasteiger partial charge in [0.05, 0.1) is 17.0 Å². The Kier molecular flexibility index (Phi) is 6.85. The Hall–Kier alpha value is -3.11. The average molecular weight is 489 g/mol. The highest BCUT2D eigenvalue weighted by Gasteiger charge is 2.33. The normalized spacial score (nSPS) is 11.5.